The van der Waals surface area contributed by atoms with Crippen LogP contribution in [0.15, 0.2) is 24.3 Å². The van der Waals surface area contributed by atoms with Crippen LogP contribution in [0.1, 0.15) is 45.6 Å². The van der Waals surface area contributed by atoms with E-state index in [1.54, 1.807) is 12.1 Å². The molecule has 0 aliphatic heterocycles. The zero-order valence-electron chi connectivity index (χ0n) is 14.5. The van der Waals surface area contributed by atoms with Crippen LogP contribution in [-0.4, -0.2) is 16.3 Å². The summed E-state index contributed by atoms with van der Waals surface area (Å²) in [6.45, 7) is 7.08. The molecule has 0 amide bonds. The summed E-state index contributed by atoms with van der Waals surface area (Å²) in [6.07, 6.45) is 3.48. The van der Waals surface area contributed by atoms with Gasteiger partial charge in [0.1, 0.15) is 5.82 Å². The minimum Gasteiger partial charge on any atom is -0.359 e. The third-order valence-corrected chi connectivity index (χ3v) is 3.92. The van der Waals surface area contributed by atoms with E-state index in [0.29, 0.717) is 22.8 Å². The maximum absolute atomic E-state index is 12.8. The number of nitrogens with one attached hydrogen (secondary N) is 4. The van der Waals surface area contributed by atoms with Crippen LogP contribution in [0.4, 0.5) is 4.39 Å². The Balaban J connectivity index is 2.16. The number of rotatable bonds is 7. The normalized spacial score (nSPS) is 11.7. The van der Waals surface area contributed by atoms with Gasteiger partial charge in [0.2, 0.25) is 0 Å². The van der Waals surface area contributed by atoms with E-state index in [-0.39, 0.29) is 5.82 Å². The van der Waals surface area contributed by atoms with Gasteiger partial charge in [-0.25, -0.2) is 4.39 Å². The highest BCUT2D eigenvalue weighted by Crippen LogP contribution is 2.08. The number of hydrogen-bond donors (Lipinski definition) is 4. The Bertz CT molecular complexity index is 520. The van der Waals surface area contributed by atoms with Crippen molar-refractivity contribution in [3.05, 3.63) is 35.6 Å². The van der Waals surface area contributed by atoms with Crippen LogP contribution in [0.5, 0.6) is 0 Å². The molecule has 1 atom stereocenters. The summed E-state index contributed by atoms with van der Waals surface area (Å²) in [4.78, 5) is 0. The Kier molecular flexibility index (Phi) is 9.56. The number of hydrazine groups is 1. The standard InChI is InChI=1S/C17H27FN4S2/c1-12(2)5-4-6-13(3)20-17(24)22-21-16(23)19-11-14-7-9-15(18)10-8-14/h7-10,12-13H,4-6,11H2,1-3H3,(H2,19,21,23)(H2,20,22,24)/t13-/m1/s1. The first-order chi connectivity index (χ1) is 11.4. The molecule has 1 rings (SSSR count). The SMILES string of the molecule is CC(C)CCC[C@@H](C)NC(=S)NNC(=S)NCc1ccc(F)cc1. The summed E-state index contributed by atoms with van der Waals surface area (Å²) >= 11 is 10.4. The van der Waals surface area contributed by atoms with Gasteiger partial charge in [0, 0.05) is 12.6 Å². The van der Waals surface area contributed by atoms with Crippen molar-refractivity contribution in [3.8, 4) is 0 Å². The summed E-state index contributed by atoms with van der Waals surface area (Å²) < 4.78 is 12.8. The van der Waals surface area contributed by atoms with Gasteiger partial charge in [-0.15, -0.1) is 0 Å². The van der Waals surface area contributed by atoms with Gasteiger partial charge in [-0.2, -0.15) is 0 Å². The molecule has 0 spiro atoms. The van der Waals surface area contributed by atoms with Crippen LogP contribution in [0, 0.1) is 11.7 Å². The van der Waals surface area contributed by atoms with Gasteiger partial charge in [-0.05, 0) is 61.4 Å². The average Bonchev–Trinajstić information content (AvgIpc) is 2.52. The number of thiocarbonyl (C=S) groups is 2. The molecule has 4 N–H and O–H groups in total. The lowest BCUT2D eigenvalue weighted by atomic mass is 10.0. The van der Waals surface area contributed by atoms with Gasteiger partial charge in [0.25, 0.3) is 0 Å². The fourth-order valence-electron chi connectivity index (χ4n) is 2.11. The lowest BCUT2D eigenvalue weighted by Gasteiger charge is -2.18. The highest BCUT2D eigenvalue weighted by molar-refractivity contribution is 7.80. The highest BCUT2D eigenvalue weighted by Gasteiger charge is 2.05. The van der Waals surface area contributed by atoms with Crippen LogP contribution in [0.3, 0.4) is 0 Å². The number of halogens is 1. The van der Waals surface area contributed by atoms with E-state index in [4.69, 9.17) is 24.4 Å². The Morgan fingerprint density at radius 2 is 1.62 bits per heavy atom. The molecule has 0 saturated carbocycles. The third-order valence-electron chi connectivity index (χ3n) is 3.45. The van der Waals surface area contributed by atoms with E-state index in [2.05, 4.69) is 42.3 Å². The largest absolute Gasteiger partial charge is 0.359 e. The minimum atomic E-state index is -0.250. The van der Waals surface area contributed by atoms with Crippen molar-refractivity contribution in [1.29, 1.82) is 0 Å². The topological polar surface area (TPSA) is 48.1 Å². The van der Waals surface area contributed by atoms with Crippen molar-refractivity contribution in [1.82, 2.24) is 21.5 Å². The smallest absolute Gasteiger partial charge is 0.185 e. The molecule has 1 aromatic carbocycles. The first-order valence-corrected chi connectivity index (χ1v) is 9.03. The third kappa shape index (κ3) is 9.62. The summed E-state index contributed by atoms with van der Waals surface area (Å²) in [6, 6.07) is 6.58. The van der Waals surface area contributed by atoms with Crippen molar-refractivity contribution in [2.75, 3.05) is 0 Å². The van der Waals surface area contributed by atoms with E-state index < -0.39 is 0 Å². The van der Waals surface area contributed by atoms with E-state index in [1.165, 1.54) is 25.0 Å². The molecule has 0 saturated heterocycles. The van der Waals surface area contributed by atoms with Gasteiger partial charge in [0.05, 0.1) is 0 Å². The molecule has 134 valence electrons. The van der Waals surface area contributed by atoms with Crippen LogP contribution >= 0.6 is 24.4 Å². The summed E-state index contributed by atoms with van der Waals surface area (Å²) in [5.41, 5.74) is 6.65. The van der Waals surface area contributed by atoms with Gasteiger partial charge >= 0.3 is 0 Å². The fourth-order valence-corrected chi connectivity index (χ4v) is 2.48. The zero-order valence-corrected chi connectivity index (χ0v) is 16.1. The van der Waals surface area contributed by atoms with Crippen molar-refractivity contribution >= 4 is 34.7 Å². The van der Waals surface area contributed by atoms with Crippen LogP contribution in [0.25, 0.3) is 0 Å². The summed E-state index contributed by atoms with van der Waals surface area (Å²) in [5.74, 6) is 0.480. The van der Waals surface area contributed by atoms with Crippen LogP contribution in [-0.2, 0) is 6.54 Å². The van der Waals surface area contributed by atoms with Crippen molar-refractivity contribution in [2.45, 2.75) is 52.6 Å². The number of benzene rings is 1. The second-order valence-electron chi connectivity index (χ2n) is 6.26. The second-order valence-corrected chi connectivity index (χ2v) is 7.07. The van der Waals surface area contributed by atoms with Crippen molar-refractivity contribution in [2.24, 2.45) is 5.92 Å². The Morgan fingerprint density at radius 3 is 2.25 bits per heavy atom. The first-order valence-electron chi connectivity index (χ1n) is 8.21. The molecule has 24 heavy (non-hydrogen) atoms. The molecule has 1 aromatic rings. The molecule has 0 aromatic heterocycles. The Morgan fingerprint density at radius 1 is 1.00 bits per heavy atom. The van der Waals surface area contributed by atoms with E-state index >= 15 is 0 Å². The molecule has 4 nitrogen and oxygen atoms in total. The van der Waals surface area contributed by atoms with Gasteiger partial charge in [0.15, 0.2) is 10.2 Å². The summed E-state index contributed by atoms with van der Waals surface area (Å²) in [5, 5.41) is 7.18. The molecule has 0 heterocycles. The van der Waals surface area contributed by atoms with E-state index in [9.17, 15) is 4.39 Å². The van der Waals surface area contributed by atoms with Crippen LogP contribution < -0.4 is 21.5 Å². The van der Waals surface area contributed by atoms with Crippen molar-refractivity contribution in [3.63, 3.8) is 0 Å². The monoisotopic (exact) mass is 370 g/mol. The van der Waals surface area contributed by atoms with Crippen molar-refractivity contribution < 1.29 is 4.39 Å². The molecule has 0 aliphatic rings. The van der Waals surface area contributed by atoms with Gasteiger partial charge in [-0.1, -0.05) is 38.8 Å². The van der Waals surface area contributed by atoms with E-state index in [0.717, 1.165) is 17.9 Å². The van der Waals surface area contributed by atoms with Gasteiger partial charge < -0.3 is 10.6 Å². The zero-order chi connectivity index (χ0) is 17.9. The molecule has 7 heteroatoms. The second kappa shape index (κ2) is 11.1. The molecule has 0 bridgehead atoms. The predicted molar refractivity (Wildman–Crippen MR) is 106 cm³/mol. The molecular weight excluding hydrogens is 343 g/mol. The predicted octanol–water partition coefficient (Wildman–Crippen LogP) is 3.38. The highest BCUT2D eigenvalue weighted by atomic mass is 32.1. The number of hydrogen-bond acceptors (Lipinski definition) is 2. The first kappa shape index (κ1) is 20.6. The molecule has 0 fully saturated rings. The lowest BCUT2D eigenvalue weighted by Crippen LogP contribution is -2.51. The molecule has 0 aliphatic carbocycles. The van der Waals surface area contributed by atoms with Crippen LogP contribution in [0.2, 0.25) is 0 Å². The lowest BCUT2D eigenvalue weighted by molar-refractivity contribution is 0.492. The van der Waals surface area contributed by atoms with Gasteiger partial charge in [-0.3, -0.25) is 10.9 Å². The molecular formula is C17H27FN4S2. The maximum atomic E-state index is 12.8. The Hall–Kier alpha value is -1.47. The fraction of sp³-hybridized carbons (Fsp3) is 0.529. The quantitative estimate of drug-likeness (QED) is 0.436. The van der Waals surface area contributed by atoms with E-state index in [1.807, 2.05) is 0 Å². The summed E-state index contributed by atoms with van der Waals surface area (Å²) in [7, 11) is 0. The Labute approximate surface area is 154 Å². The maximum Gasteiger partial charge on any atom is 0.185 e. The molecule has 0 radical (unpaired) electrons. The molecule has 0 unspecified atom stereocenters. The average molecular weight is 371 g/mol. The minimum absolute atomic E-state index is 0.250.